The van der Waals surface area contributed by atoms with Gasteiger partial charge in [-0.2, -0.15) is 5.26 Å². The second kappa shape index (κ2) is 11.3. The van der Waals surface area contributed by atoms with Crippen molar-refractivity contribution < 1.29 is 9.59 Å². The Morgan fingerprint density at radius 2 is 1.81 bits per heavy atom. The fourth-order valence-corrected chi connectivity index (χ4v) is 4.29. The summed E-state index contributed by atoms with van der Waals surface area (Å²) in [6.07, 6.45) is 5.85. The van der Waals surface area contributed by atoms with Gasteiger partial charge < -0.3 is 4.90 Å². The first-order chi connectivity index (χ1) is 15.1. The zero-order valence-corrected chi connectivity index (χ0v) is 18.4. The monoisotopic (exact) mass is 447 g/mol. The third-order valence-electron chi connectivity index (χ3n) is 4.57. The Morgan fingerprint density at radius 1 is 1.13 bits per heavy atom. The highest BCUT2D eigenvalue weighted by molar-refractivity contribution is 8.26. The van der Waals surface area contributed by atoms with E-state index >= 15 is 0 Å². The second-order valence-corrected chi connectivity index (χ2v) is 8.34. The minimum atomic E-state index is -0.191. The van der Waals surface area contributed by atoms with E-state index in [1.807, 2.05) is 72.8 Å². The predicted octanol–water partition coefficient (Wildman–Crippen LogP) is 4.78. The number of anilines is 1. The number of nitrogens with zero attached hydrogens (tertiary/aromatic N) is 3. The molecule has 2 aromatic carbocycles. The molecular formula is C24H21N3O2S2. The first-order valence-corrected chi connectivity index (χ1v) is 11.0. The summed E-state index contributed by atoms with van der Waals surface area (Å²) in [5, 5.41) is 8.92. The number of hydrogen-bond donors (Lipinski definition) is 0. The van der Waals surface area contributed by atoms with Crippen molar-refractivity contribution in [2.45, 2.75) is 12.8 Å². The molecule has 0 bridgehead atoms. The van der Waals surface area contributed by atoms with Gasteiger partial charge in [-0.3, -0.25) is 14.5 Å². The third-order valence-corrected chi connectivity index (χ3v) is 5.97. The molecule has 0 aliphatic carbocycles. The standard InChI is InChI=1S/C24H21N3O2S2/c25-16-8-17-26(20-12-5-2-6-13-20)22(28)15-18-27-23(29)21(31-24(27)30)14-7-11-19-9-3-1-4-10-19/h1-7,9-14H,8,15,17-18H2/b11-7+,21-14-. The zero-order chi connectivity index (χ0) is 22.1. The highest BCUT2D eigenvalue weighted by Crippen LogP contribution is 2.31. The average Bonchev–Trinajstić information content (AvgIpc) is 3.06. The van der Waals surface area contributed by atoms with Gasteiger partial charge in [0.1, 0.15) is 4.32 Å². The van der Waals surface area contributed by atoms with Gasteiger partial charge in [0.25, 0.3) is 5.91 Å². The molecule has 7 heteroatoms. The Bertz CT molecular complexity index is 1040. The van der Waals surface area contributed by atoms with Crippen LogP contribution in [0.25, 0.3) is 6.08 Å². The Kier molecular flexibility index (Phi) is 8.16. The fourth-order valence-electron chi connectivity index (χ4n) is 3.03. The maximum Gasteiger partial charge on any atom is 0.266 e. The largest absolute Gasteiger partial charge is 0.311 e. The van der Waals surface area contributed by atoms with Gasteiger partial charge >= 0.3 is 0 Å². The van der Waals surface area contributed by atoms with E-state index in [2.05, 4.69) is 6.07 Å². The highest BCUT2D eigenvalue weighted by atomic mass is 32.2. The summed E-state index contributed by atoms with van der Waals surface area (Å²) >= 11 is 6.59. The highest BCUT2D eigenvalue weighted by Gasteiger charge is 2.32. The van der Waals surface area contributed by atoms with Crippen LogP contribution in [0.4, 0.5) is 5.69 Å². The molecule has 1 saturated heterocycles. The van der Waals surface area contributed by atoms with E-state index in [1.165, 1.54) is 16.7 Å². The van der Waals surface area contributed by atoms with Crippen LogP contribution in [0.2, 0.25) is 0 Å². The zero-order valence-electron chi connectivity index (χ0n) is 16.8. The first-order valence-electron chi connectivity index (χ1n) is 9.79. The number of rotatable bonds is 8. The van der Waals surface area contributed by atoms with Gasteiger partial charge in [0.05, 0.1) is 17.4 Å². The average molecular weight is 448 g/mol. The van der Waals surface area contributed by atoms with E-state index in [0.717, 1.165) is 11.3 Å². The van der Waals surface area contributed by atoms with E-state index in [4.69, 9.17) is 17.5 Å². The number of nitriles is 1. The summed E-state index contributed by atoms with van der Waals surface area (Å²) in [6.45, 7) is 0.515. The molecule has 0 N–H and O–H groups in total. The molecule has 1 fully saturated rings. The van der Waals surface area contributed by atoms with E-state index in [9.17, 15) is 9.59 Å². The summed E-state index contributed by atoms with van der Waals surface area (Å²) in [4.78, 5) is 29.1. The molecule has 5 nitrogen and oxygen atoms in total. The third kappa shape index (κ3) is 6.14. The number of thiocarbonyl (C=S) groups is 1. The molecule has 1 aliphatic rings. The van der Waals surface area contributed by atoms with E-state index in [0.29, 0.717) is 15.8 Å². The number of hydrogen-bond acceptors (Lipinski definition) is 5. The van der Waals surface area contributed by atoms with E-state index in [1.54, 1.807) is 11.0 Å². The van der Waals surface area contributed by atoms with Crippen molar-refractivity contribution in [3.05, 3.63) is 83.3 Å². The Balaban J connectivity index is 1.62. The lowest BCUT2D eigenvalue weighted by molar-refractivity contribution is -0.123. The number of carbonyl (C=O) groups is 2. The van der Waals surface area contributed by atoms with Gasteiger partial charge in [-0.1, -0.05) is 84.7 Å². The maximum atomic E-state index is 12.8. The lowest BCUT2D eigenvalue weighted by atomic mass is 10.2. The normalized spacial score (nSPS) is 14.9. The molecule has 0 radical (unpaired) electrons. The van der Waals surface area contributed by atoms with Crippen LogP contribution in [0.1, 0.15) is 18.4 Å². The second-order valence-electron chi connectivity index (χ2n) is 6.66. The molecule has 0 aromatic heterocycles. The molecule has 2 amide bonds. The van der Waals surface area contributed by atoms with Crippen molar-refractivity contribution in [3.8, 4) is 6.07 Å². The van der Waals surface area contributed by atoms with Gasteiger partial charge in [0.15, 0.2) is 0 Å². The molecule has 3 rings (SSSR count). The maximum absolute atomic E-state index is 12.8. The van der Waals surface area contributed by atoms with Gasteiger partial charge in [-0.15, -0.1) is 0 Å². The molecule has 0 saturated carbocycles. The Morgan fingerprint density at radius 3 is 2.48 bits per heavy atom. The quantitative estimate of drug-likeness (QED) is 0.430. The van der Waals surface area contributed by atoms with Crippen molar-refractivity contribution in [1.29, 1.82) is 5.26 Å². The van der Waals surface area contributed by atoms with Crippen LogP contribution in [0.5, 0.6) is 0 Å². The number of benzene rings is 2. The summed E-state index contributed by atoms with van der Waals surface area (Å²) in [5.41, 5.74) is 1.78. The van der Waals surface area contributed by atoms with E-state index in [-0.39, 0.29) is 31.2 Å². The fraction of sp³-hybridized carbons (Fsp3) is 0.167. The number of amides is 2. The molecule has 31 heavy (non-hydrogen) atoms. The molecule has 156 valence electrons. The van der Waals surface area contributed by atoms with Crippen molar-refractivity contribution in [2.24, 2.45) is 0 Å². The smallest absolute Gasteiger partial charge is 0.266 e. The predicted molar refractivity (Wildman–Crippen MR) is 129 cm³/mol. The van der Waals surface area contributed by atoms with Crippen LogP contribution in [-0.2, 0) is 9.59 Å². The molecule has 0 unspecified atom stereocenters. The lowest BCUT2D eigenvalue weighted by Gasteiger charge is -2.23. The van der Waals surface area contributed by atoms with Gasteiger partial charge in [-0.05, 0) is 23.8 Å². The van der Waals surface area contributed by atoms with Crippen LogP contribution in [0.3, 0.4) is 0 Å². The van der Waals surface area contributed by atoms with E-state index < -0.39 is 0 Å². The van der Waals surface area contributed by atoms with Crippen molar-refractivity contribution in [3.63, 3.8) is 0 Å². The van der Waals surface area contributed by atoms with Gasteiger partial charge in [0, 0.05) is 25.2 Å². The lowest BCUT2D eigenvalue weighted by Crippen LogP contribution is -2.36. The van der Waals surface area contributed by atoms with Crippen molar-refractivity contribution in [1.82, 2.24) is 4.90 Å². The molecule has 0 spiro atoms. The van der Waals surface area contributed by atoms with Crippen molar-refractivity contribution in [2.75, 3.05) is 18.0 Å². The number of thioether (sulfide) groups is 1. The molecule has 2 aromatic rings. The minimum absolute atomic E-state index is 0.125. The molecule has 1 aliphatic heterocycles. The number of allylic oxidation sites excluding steroid dienone is 2. The molecule has 0 atom stereocenters. The molecule has 1 heterocycles. The number of carbonyl (C=O) groups excluding carboxylic acids is 2. The van der Waals surface area contributed by atoms with Crippen LogP contribution in [0, 0.1) is 11.3 Å². The first kappa shape index (κ1) is 22.5. The Labute approximate surface area is 191 Å². The SMILES string of the molecule is N#CCCN(C(=O)CCN1C(=O)/C(=C/C=C/c2ccccc2)SC1=S)c1ccccc1. The van der Waals surface area contributed by atoms with Crippen LogP contribution < -0.4 is 4.90 Å². The van der Waals surface area contributed by atoms with Crippen LogP contribution >= 0.6 is 24.0 Å². The Hall–Kier alpha value is -3.21. The van der Waals surface area contributed by atoms with Crippen LogP contribution in [0.15, 0.2) is 77.7 Å². The summed E-state index contributed by atoms with van der Waals surface area (Å²) in [6, 6.07) is 21.1. The topological polar surface area (TPSA) is 64.4 Å². The van der Waals surface area contributed by atoms with Gasteiger partial charge in [0.2, 0.25) is 5.91 Å². The number of para-hydroxylation sites is 1. The molecular weight excluding hydrogens is 426 g/mol. The van der Waals surface area contributed by atoms with Gasteiger partial charge in [-0.25, -0.2) is 0 Å². The summed E-state index contributed by atoms with van der Waals surface area (Å²) in [5.74, 6) is -0.341. The summed E-state index contributed by atoms with van der Waals surface area (Å²) < 4.78 is 0.445. The summed E-state index contributed by atoms with van der Waals surface area (Å²) in [7, 11) is 0. The minimum Gasteiger partial charge on any atom is -0.311 e. The van der Waals surface area contributed by atoms with Crippen molar-refractivity contribution >= 4 is 51.9 Å². The van der Waals surface area contributed by atoms with Crippen LogP contribution in [-0.4, -0.2) is 34.1 Å².